The van der Waals surface area contributed by atoms with Gasteiger partial charge in [-0.3, -0.25) is 4.79 Å². The fourth-order valence-electron chi connectivity index (χ4n) is 3.11. The molecule has 0 fully saturated rings. The van der Waals surface area contributed by atoms with Crippen molar-refractivity contribution in [3.63, 3.8) is 0 Å². The molecule has 4 nitrogen and oxygen atoms in total. The predicted molar refractivity (Wildman–Crippen MR) is 107 cm³/mol. The molecule has 3 aromatic rings. The second kappa shape index (κ2) is 8.19. The van der Waals surface area contributed by atoms with Crippen LogP contribution in [0, 0.1) is 5.92 Å². The van der Waals surface area contributed by atoms with Gasteiger partial charge in [-0.05, 0) is 66.3 Å². The van der Waals surface area contributed by atoms with Gasteiger partial charge in [0.15, 0.2) is 0 Å². The molecule has 0 spiro atoms. The fourth-order valence-corrected chi connectivity index (χ4v) is 3.11. The van der Waals surface area contributed by atoms with Crippen molar-refractivity contribution < 1.29 is 4.79 Å². The van der Waals surface area contributed by atoms with E-state index in [1.807, 2.05) is 12.1 Å². The van der Waals surface area contributed by atoms with Crippen LogP contribution in [0.15, 0.2) is 48.7 Å². The van der Waals surface area contributed by atoms with Crippen LogP contribution < -0.4 is 11.1 Å². The van der Waals surface area contributed by atoms with Gasteiger partial charge >= 0.3 is 0 Å². The van der Waals surface area contributed by atoms with Crippen LogP contribution in [0.3, 0.4) is 0 Å². The van der Waals surface area contributed by atoms with Crippen LogP contribution in [-0.2, 0) is 13.0 Å². The highest BCUT2D eigenvalue weighted by molar-refractivity contribution is 5.92. The van der Waals surface area contributed by atoms with Crippen LogP contribution in [0.4, 0.5) is 0 Å². The number of carbonyl (C=O) groups is 1. The van der Waals surface area contributed by atoms with Crippen molar-refractivity contribution in [3.8, 4) is 0 Å². The summed E-state index contributed by atoms with van der Waals surface area (Å²) in [6, 6.07) is 14.1. The third-order valence-corrected chi connectivity index (χ3v) is 4.69. The van der Waals surface area contributed by atoms with Gasteiger partial charge in [0.25, 0.3) is 0 Å². The average Bonchev–Trinajstić information content (AvgIpc) is 3.01. The van der Waals surface area contributed by atoms with Gasteiger partial charge in [0.05, 0.1) is 0 Å². The summed E-state index contributed by atoms with van der Waals surface area (Å²) in [6.07, 6.45) is 4.09. The number of hydrogen-bond acceptors (Lipinski definition) is 2. The predicted octanol–water partition coefficient (Wildman–Crippen LogP) is 3.99. The van der Waals surface area contributed by atoms with E-state index < -0.39 is 5.91 Å². The Bertz CT molecular complexity index is 878. The van der Waals surface area contributed by atoms with Crippen LogP contribution >= 0.6 is 0 Å². The zero-order valence-corrected chi connectivity index (χ0v) is 15.5. The van der Waals surface area contributed by atoms with E-state index in [4.69, 9.17) is 5.73 Å². The molecule has 1 amide bonds. The number of aromatic nitrogens is 1. The third kappa shape index (κ3) is 4.52. The number of nitrogens with two attached hydrogens (primary N) is 1. The lowest BCUT2D eigenvalue weighted by Crippen LogP contribution is -2.16. The number of nitrogens with one attached hydrogen (secondary N) is 2. The maximum atomic E-state index is 11.2. The lowest BCUT2D eigenvalue weighted by molar-refractivity contribution is 0.100. The Hall–Kier alpha value is -2.59. The second-order valence-electron chi connectivity index (χ2n) is 7.29. The number of carbonyl (C=O) groups excluding carboxylic acids is 1. The second-order valence-corrected chi connectivity index (χ2v) is 7.29. The molecule has 0 atom stereocenters. The molecule has 4 heteroatoms. The van der Waals surface area contributed by atoms with E-state index in [0.29, 0.717) is 5.56 Å². The Labute approximate surface area is 154 Å². The normalized spacial score (nSPS) is 11.3. The minimum Gasteiger partial charge on any atom is -0.366 e. The van der Waals surface area contributed by atoms with E-state index in [0.717, 1.165) is 36.5 Å². The van der Waals surface area contributed by atoms with Gasteiger partial charge in [0.1, 0.15) is 0 Å². The van der Waals surface area contributed by atoms with Crippen molar-refractivity contribution in [3.05, 3.63) is 70.9 Å². The summed E-state index contributed by atoms with van der Waals surface area (Å²) in [4.78, 5) is 14.6. The van der Waals surface area contributed by atoms with E-state index >= 15 is 0 Å². The lowest BCUT2D eigenvalue weighted by Gasteiger charge is -2.08. The van der Waals surface area contributed by atoms with E-state index in [1.165, 1.54) is 22.9 Å². The monoisotopic (exact) mass is 349 g/mol. The molecular formula is C22H27N3O. The molecule has 26 heavy (non-hydrogen) atoms. The van der Waals surface area contributed by atoms with Crippen LogP contribution in [0.5, 0.6) is 0 Å². The molecule has 3 rings (SSSR count). The quantitative estimate of drug-likeness (QED) is 0.538. The molecule has 0 saturated carbocycles. The molecule has 0 aliphatic carbocycles. The number of fused-ring (bicyclic) bond motifs is 1. The molecule has 0 unspecified atom stereocenters. The summed E-state index contributed by atoms with van der Waals surface area (Å²) in [5, 5.41) is 4.78. The summed E-state index contributed by atoms with van der Waals surface area (Å²) in [7, 11) is 0. The largest absolute Gasteiger partial charge is 0.366 e. The van der Waals surface area contributed by atoms with Crippen LogP contribution in [0.1, 0.15) is 47.3 Å². The molecule has 0 saturated heterocycles. The van der Waals surface area contributed by atoms with Gasteiger partial charge in [0, 0.05) is 29.2 Å². The van der Waals surface area contributed by atoms with Crippen molar-refractivity contribution in [2.45, 2.75) is 33.2 Å². The van der Waals surface area contributed by atoms with Gasteiger partial charge in [0.2, 0.25) is 5.91 Å². The molecule has 4 N–H and O–H groups in total. The summed E-state index contributed by atoms with van der Waals surface area (Å²) in [5.74, 6) is 0.334. The highest BCUT2D eigenvalue weighted by atomic mass is 16.1. The van der Waals surface area contributed by atoms with E-state index in [1.54, 1.807) is 12.1 Å². The number of amides is 1. The lowest BCUT2D eigenvalue weighted by atomic mass is 10.0. The highest BCUT2D eigenvalue weighted by Crippen LogP contribution is 2.23. The van der Waals surface area contributed by atoms with Gasteiger partial charge in [-0.2, -0.15) is 0 Å². The SMILES string of the molecule is CC(C)CCNCc1ccc2[nH]cc(Cc3ccc(C(N)=O)cc3)c2c1. The molecule has 0 radical (unpaired) electrons. The Kier molecular flexibility index (Phi) is 5.74. The first-order valence-electron chi connectivity index (χ1n) is 9.21. The summed E-state index contributed by atoms with van der Waals surface area (Å²) in [6.45, 7) is 6.42. The first-order chi connectivity index (χ1) is 12.5. The van der Waals surface area contributed by atoms with Gasteiger partial charge in [-0.25, -0.2) is 0 Å². The third-order valence-electron chi connectivity index (χ3n) is 4.69. The van der Waals surface area contributed by atoms with Gasteiger partial charge < -0.3 is 16.0 Å². The standard InChI is InChI=1S/C22H27N3O/c1-15(2)9-10-24-13-17-5-8-21-20(12-17)19(14-25-21)11-16-3-6-18(7-4-16)22(23)26/h3-8,12,14-15,24-25H,9-11,13H2,1-2H3,(H2,23,26). The molecule has 1 heterocycles. The molecule has 2 aromatic carbocycles. The molecule has 0 bridgehead atoms. The minimum absolute atomic E-state index is 0.391. The molecule has 0 aliphatic rings. The van der Waals surface area contributed by atoms with Crippen LogP contribution in [-0.4, -0.2) is 17.4 Å². The van der Waals surface area contributed by atoms with E-state index in [-0.39, 0.29) is 0 Å². The van der Waals surface area contributed by atoms with Crippen LogP contribution in [0.25, 0.3) is 10.9 Å². The van der Waals surface area contributed by atoms with Crippen molar-refractivity contribution in [2.75, 3.05) is 6.54 Å². The van der Waals surface area contributed by atoms with Crippen molar-refractivity contribution in [1.82, 2.24) is 10.3 Å². The molecular weight excluding hydrogens is 322 g/mol. The summed E-state index contributed by atoms with van der Waals surface area (Å²) >= 11 is 0. The molecule has 136 valence electrons. The number of H-pyrrole nitrogens is 1. The number of aromatic amines is 1. The zero-order chi connectivity index (χ0) is 18.5. The number of primary amides is 1. The fraction of sp³-hybridized carbons (Fsp3) is 0.318. The van der Waals surface area contributed by atoms with E-state index in [2.05, 4.69) is 48.5 Å². The Morgan fingerprint density at radius 1 is 1.12 bits per heavy atom. The Morgan fingerprint density at radius 3 is 2.54 bits per heavy atom. The zero-order valence-electron chi connectivity index (χ0n) is 15.5. The van der Waals surface area contributed by atoms with Gasteiger partial charge in [-0.1, -0.05) is 32.0 Å². The topological polar surface area (TPSA) is 70.9 Å². The first-order valence-corrected chi connectivity index (χ1v) is 9.21. The first kappa shape index (κ1) is 18.2. The number of rotatable bonds is 8. The highest BCUT2D eigenvalue weighted by Gasteiger charge is 2.07. The smallest absolute Gasteiger partial charge is 0.248 e. The maximum Gasteiger partial charge on any atom is 0.248 e. The van der Waals surface area contributed by atoms with Gasteiger partial charge in [-0.15, -0.1) is 0 Å². The molecule has 1 aromatic heterocycles. The van der Waals surface area contributed by atoms with Crippen molar-refractivity contribution in [2.24, 2.45) is 11.7 Å². The maximum absolute atomic E-state index is 11.2. The summed E-state index contributed by atoms with van der Waals surface area (Å²) < 4.78 is 0. The Balaban J connectivity index is 1.72. The van der Waals surface area contributed by atoms with Crippen LogP contribution in [0.2, 0.25) is 0 Å². The van der Waals surface area contributed by atoms with E-state index in [9.17, 15) is 4.79 Å². The molecule has 0 aliphatic heterocycles. The van der Waals surface area contributed by atoms with Crippen molar-refractivity contribution in [1.29, 1.82) is 0 Å². The number of benzene rings is 2. The summed E-state index contributed by atoms with van der Waals surface area (Å²) in [5.41, 5.74) is 10.7. The Morgan fingerprint density at radius 2 is 1.85 bits per heavy atom. The number of hydrogen-bond donors (Lipinski definition) is 3. The van der Waals surface area contributed by atoms with Crippen molar-refractivity contribution >= 4 is 16.8 Å². The minimum atomic E-state index is -0.391. The average molecular weight is 349 g/mol.